The molecule has 0 unspecified atom stereocenters. The van der Waals surface area contributed by atoms with Crippen LogP contribution in [0.15, 0.2) is 30.7 Å². The van der Waals surface area contributed by atoms with Crippen molar-refractivity contribution < 1.29 is 4.79 Å². The van der Waals surface area contributed by atoms with Crippen molar-refractivity contribution in [2.45, 2.75) is 0 Å². The van der Waals surface area contributed by atoms with Crippen molar-refractivity contribution in [3.63, 3.8) is 0 Å². The van der Waals surface area contributed by atoms with Gasteiger partial charge in [-0.05, 0) is 28.1 Å². The fourth-order valence-electron chi connectivity index (χ4n) is 2.78. The van der Waals surface area contributed by atoms with Gasteiger partial charge in [0.25, 0.3) is 0 Å². The molecule has 26 heavy (non-hydrogen) atoms. The number of halogens is 1. The Labute approximate surface area is 159 Å². The van der Waals surface area contributed by atoms with Crippen molar-refractivity contribution >= 4 is 43.9 Å². The maximum atomic E-state index is 12.1. The van der Waals surface area contributed by atoms with Gasteiger partial charge in [-0.2, -0.15) is 0 Å². The van der Waals surface area contributed by atoms with Crippen molar-refractivity contribution in [3.8, 4) is 0 Å². The van der Waals surface area contributed by atoms with E-state index in [0.29, 0.717) is 49.9 Å². The molecule has 0 aliphatic carbocycles. The number of anilines is 3. The summed E-state index contributed by atoms with van der Waals surface area (Å²) in [6.07, 6.45) is 3.04. The zero-order chi connectivity index (χ0) is 18.5. The lowest BCUT2D eigenvalue weighted by Crippen LogP contribution is -2.49. The molecule has 0 atom stereocenters. The molecule has 0 aromatic carbocycles. The average molecular weight is 419 g/mol. The number of nitrogens with two attached hydrogens (primary N) is 1. The minimum atomic E-state index is -0.0913. The lowest BCUT2D eigenvalue weighted by atomic mass is 10.2. The Bertz CT molecular complexity index is 792. The zero-order valence-corrected chi connectivity index (χ0v) is 15.6. The van der Waals surface area contributed by atoms with Crippen LogP contribution in [0.2, 0.25) is 0 Å². The summed E-state index contributed by atoms with van der Waals surface area (Å²) < 4.78 is 0.155. The molecule has 0 spiro atoms. The summed E-state index contributed by atoms with van der Waals surface area (Å²) in [6.45, 7) is 3.07. The topological polar surface area (TPSA) is 124 Å². The van der Waals surface area contributed by atoms with Crippen LogP contribution in [0.5, 0.6) is 0 Å². The lowest BCUT2D eigenvalue weighted by Gasteiger charge is -2.35. The fourth-order valence-corrected chi connectivity index (χ4v) is 3.16. The van der Waals surface area contributed by atoms with Gasteiger partial charge in [-0.25, -0.2) is 15.0 Å². The van der Waals surface area contributed by atoms with Gasteiger partial charge in [0.15, 0.2) is 0 Å². The predicted octanol–water partition coefficient (Wildman–Crippen LogP) is 0.935. The molecule has 3 rings (SSSR count). The van der Waals surface area contributed by atoms with Crippen molar-refractivity contribution in [1.29, 1.82) is 5.41 Å². The summed E-state index contributed by atoms with van der Waals surface area (Å²) in [5.74, 6) is 1.37. The summed E-state index contributed by atoms with van der Waals surface area (Å²) >= 11 is 3.15. The highest BCUT2D eigenvalue weighted by molar-refractivity contribution is 9.18. The van der Waals surface area contributed by atoms with E-state index in [1.54, 1.807) is 18.3 Å². The smallest absolute Gasteiger partial charge is 0.239 e. The normalized spacial score (nSPS) is 14.9. The quantitative estimate of drug-likeness (QED) is 0.616. The van der Waals surface area contributed by atoms with Gasteiger partial charge in [0.2, 0.25) is 5.91 Å². The van der Waals surface area contributed by atoms with E-state index in [-0.39, 0.29) is 16.3 Å². The number of nitrogens with zero attached hydrogens (tertiary/aromatic N) is 5. The number of carbonyl (C=O) groups is 1. The zero-order valence-electron chi connectivity index (χ0n) is 14.0. The largest absolute Gasteiger partial charge is 0.383 e. The average Bonchev–Trinajstić information content (AvgIpc) is 2.62. The van der Waals surface area contributed by atoms with E-state index < -0.39 is 0 Å². The van der Waals surface area contributed by atoms with E-state index in [0.717, 1.165) is 0 Å². The first kappa shape index (κ1) is 18.2. The van der Waals surface area contributed by atoms with E-state index >= 15 is 0 Å². The number of carbonyl (C=O) groups excluding carboxylic acids is 1. The molecule has 0 bridgehead atoms. The third-order valence-electron chi connectivity index (χ3n) is 4.05. The Morgan fingerprint density at radius 3 is 2.65 bits per heavy atom. The summed E-state index contributed by atoms with van der Waals surface area (Å²) in [5, 5.41) is 10.6. The molecule has 4 N–H and O–H groups in total. The van der Waals surface area contributed by atoms with E-state index in [9.17, 15) is 4.79 Å². The molecular weight excluding hydrogens is 400 g/mol. The number of nitrogen functional groups attached to an aromatic ring is 1. The second-order valence-electron chi connectivity index (χ2n) is 5.80. The van der Waals surface area contributed by atoms with Crippen LogP contribution >= 0.6 is 15.9 Å². The molecule has 136 valence electrons. The van der Waals surface area contributed by atoms with Gasteiger partial charge in [-0.3, -0.25) is 15.1 Å². The van der Waals surface area contributed by atoms with Crippen LogP contribution < -0.4 is 16.0 Å². The first-order chi connectivity index (χ1) is 12.5. The number of pyridine rings is 1. The SMILES string of the molecule is N=C(Br)c1c(N)ncnc1N1CCN(CC(=O)Nc2ccccn2)CC1. The maximum absolute atomic E-state index is 12.1. The first-order valence-electron chi connectivity index (χ1n) is 8.07. The number of hydrogen-bond acceptors (Lipinski definition) is 8. The second-order valence-corrected chi connectivity index (χ2v) is 6.59. The Morgan fingerprint density at radius 2 is 2.00 bits per heavy atom. The van der Waals surface area contributed by atoms with Crippen LogP contribution in [0.25, 0.3) is 0 Å². The predicted molar refractivity (Wildman–Crippen MR) is 104 cm³/mol. The number of rotatable bonds is 5. The van der Waals surface area contributed by atoms with Crippen molar-refractivity contribution in [2.75, 3.05) is 48.7 Å². The van der Waals surface area contributed by atoms with Crippen LogP contribution in [0.4, 0.5) is 17.5 Å². The van der Waals surface area contributed by atoms with E-state index in [4.69, 9.17) is 11.1 Å². The number of amides is 1. The molecule has 1 saturated heterocycles. The highest BCUT2D eigenvalue weighted by Crippen LogP contribution is 2.24. The van der Waals surface area contributed by atoms with E-state index in [1.807, 2.05) is 6.07 Å². The highest BCUT2D eigenvalue weighted by Gasteiger charge is 2.24. The minimum absolute atomic E-state index is 0.0913. The van der Waals surface area contributed by atoms with Gasteiger partial charge >= 0.3 is 0 Å². The Morgan fingerprint density at radius 1 is 1.23 bits per heavy atom. The molecule has 3 heterocycles. The van der Waals surface area contributed by atoms with Crippen molar-refractivity contribution in [1.82, 2.24) is 19.9 Å². The van der Waals surface area contributed by atoms with Gasteiger partial charge in [0, 0.05) is 32.4 Å². The molecule has 2 aromatic rings. The maximum Gasteiger partial charge on any atom is 0.239 e. The molecular formula is C16H19BrN8O. The molecule has 10 heteroatoms. The number of nitrogens with one attached hydrogen (secondary N) is 2. The lowest BCUT2D eigenvalue weighted by molar-refractivity contribution is -0.117. The number of piperazine rings is 1. The van der Waals surface area contributed by atoms with Crippen LogP contribution in [0.3, 0.4) is 0 Å². The van der Waals surface area contributed by atoms with E-state index in [2.05, 4.69) is 46.0 Å². The molecule has 0 saturated carbocycles. The highest BCUT2D eigenvalue weighted by atomic mass is 79.9. The molecule has 9 nitrogen and oxygen atoms in total. The van der Waals surface area contributed by atoms with Gasteiger partial charge in [-0.1, -0.05) is 6.07 Å². The van der Waals surface area contributed by atoms with Gasteiger partial charge < -0.3 is 16.0 Å². The summed E-state index contributed by atoms with van der Waals surface area (Å²) in [6, 6.07) is 5.38. The molecule has 0 radical (unpaired) electrons. The second kappa shape index (κ2) is 8.19. The molecule has 2 aromatic heterocycles. The fraction of sp³-hybridized carbons (Fsp3) is 0.312. The summed E-state index contributed by atoms with van der Waals surface area (Å²) in [7, 11) is 0. The van der Waals surface area contributed by atoms with Crippen molar-refractivity contribution in [2.24, 2.45) is 0 Å². The van der Waals surface area contributed by atoms with Gasteiger partial charge in [-0.15, -0.1) is 0 Å². The minimum Gasteiger partial charge on any atom is -0.383 e. The van der Waals surface area contributed by atoms with Gasteiger partial charge in [0.1, 0.15) is 28.4 Å². The van der Waals surface area contributed by atoms with Crippen LogP contribution in [-0.4, -0.2) is 63.1 Å². The standard InChI is InChI=1S/C16H19BrN8O/c17-14(18)13-15(19)21-10-22-16(13)25-7-5-24(6-8-25)9-12(26)23-11-3-1-2-4-20-11/h1-4,10,18H,5-9H2,(H2,19,21,22)(H,20,23,26). The Balaban J connectivity index is 1.57. The molecule has 1 amide bonds. The summed E-state index contributed by atoms with van der Waals surface area (Å²) in [4.78, 5) is 28.6. The number of hydrogen-bond donors (Lipinski definition) is 3. The van der Waals surface area contributed by atoms with Crippen molar-refractivity contribution in [3.05, 3.63) is 36.3 Å². The molecule has 1 aliphatic heterocycles. The third kappa shape index (κ3) is 4.33. The third-order valence-corrected chi connectivity index (χ3v) is 4.44. The molecule has 1 aliphatic rings. The van der Waals surface area contributed by atoms with Gasteiger partial charge in [0.05, 0.1) is 12.1 Å². The Kier molecular flexibility index (Phi) is 5.74. The van der Waals surface area contributed by atoms with Crippen LogP contribution in [0, 0.1) is 5.41 Å². The summed E-state index contributed by atoms with van der Waals surface area (Å²) in [5.41, 5.74) is 6.37. The van der Waals surface area contributed by atoms with E-state index in [1.165, 1.54) is 6.33 Å². The molecule has 1 fully saturated rings. The number of aromatic nitrogens is 3. The van der Waals surface area contributed by atoms with Crippen LogP contribution in [-0.2, 0) is 4.79 Å². The van der Waals surface area contributed by atoms with Crippen LogP contribution in [0.1, 0.15) is 5.56 Å². The first-order valence-corrected chi connectivity index (χ1v) is 8.87. The monoisotopic (exact) mass is 418 g/mol. The Hall–Kier alpha value is -2.59.